The second-order valence-corrected chi connectivity index (χ2v) is 8.34. The number of nitrogens with one attached hydrogen (secondary N) is 1. The molecule has 1 saturated carbocycles. The molecular formula is C16H32N2O2. The van der Waals surface area contributed by atoms with Crippen LogP contribution in [0.1, 0.15) is 66.7 Å². The molecular weight excluding hydrogens is 252 g/mol. The molecule has 0 aliphatic heterocycles. The Morgan fingerprint density at radius 1 is 1.25 bits per heavy atom. The molecule has 0 saturated heterocycles. The number of hydrogen-bond donors (Lipinski definition) is 3. The number of nitrogens with two attached hydrogens (primary N) is 1. The fraction of sp³-hybridized carbons (Fsp3) is 0.938. The highest BCUT2D eigenvalue weighted by Gasteiger charge is 2.36. The van der Waals surface area contributed by atoms with Crippen molar-refractivity contribution >= 4 is 5.91 Å². The molecule has 1 aliphatic carbocycles. The van der Waals surface area contributed by atoms with Gasteiger partial charge in [0.1, 0.15) is 0 Å². The van der Waals surface area contributed by atoms with Gasteiger partial charge in [-0.2, -0.15) is 0 Å². The third-order valence-electron chi connectivity index (χ3n) is 4.67. The highest BCUT2D eigenvalue weighted by molar-refractivity contribution is 5.76. The van der Waals surface area contributed by atoms with Gasteiger partial charge in [0, 0.05) is 19.0 Å². The average molecular weight is 284 g/mol. The SMILES string of the molecule is CC1(C)CCC(O)(CNC(=O)CC(N)C(C)(C)C)CC1. The lowest BCUT2D eigenvalue weighted by molar-refractivity contribution is -0.123. The maximum atomic E-state index is 11.9. The first-order chi connectivity index (χ1) is 8.94. The summed E-state index contributed by atoms with van der Waals surface area (Å²) in [7, 11) is 0. The van der Waals surface area contributed by atoms with Gasteiger partial charge in [-0.1, -0.05) is 34.6 Å². The number of carbonyl (C=O) groups is 1. The van der Waals surface area contributed by atoms with Gasteiger partial charge < -0.3 is 16.2 Å². The fourth-order valence-corrected chi connectivity index (χ4v) is 2.41. The Bertz CT molecular complexity index is 335. The van der Waals surface area contributed by atoms with Crippen LogP contribution in [0.3, 0.4) is 0 Å². The van der Waals surface area contributed by atoms with Crippen molar-refractivity contribution in [2.75, 3.05) is 6.54 Å². The zero-order valence-electron chi connectivity index (χ0n) is 13.8. The van der Waals surface area contributed by atoms with Crippen molar-refractivity contribution < 1.29 is 9.90 Å². The molecule has 0 aromatic rings. The smallest absolute Gasteiger partial charge is 0.221 e. The van der Waals surface area contributed by atoms with Crippen LogP contribution in [0, 0.1) is 10.8 Å². The number of carbonyl (C=O) groups excluding carboxylic acids is 1. The summed E-state index contributed by atoms with van der Waals surface area (Å²) in [5.74, 6) is -0.0642. The van der Waals surface area contributed by atoms with Gasteiger partial charge in [0.25, 0.3) is 0 Å². The Balaban J connectivity index is 2.38. The summed E-state index contributed by atoms with van der Waals surface area (Å²) in [6.07, 6.45) is 3.82. The quantitative estimate of drug-likeness (QED) is 0.741. The summed E-state index contributed by atoms with van der Waals surface area (Å²) in [5.41, 5.74) is 5.50. The monoisotopic (exact) mass is 284 g/mol. The molecule has 4 nitrogen and oxygen atoms in total. The number of amides is 1. The van der Waals surface area contributed by atoms with E-state index in [-0.39, 0.29) is 17.4 Å². The largest absolute Gasteiger partial charge is 0.388 e. The first-order valence-corrected chi connectivity index (χ1v) is 7.68. The third kappa shape index (κ3) is 5.41. The van der Waals surface area contributed by atoms with Gasteiger partial charge in [-0.25, -0.2) is 0 Å². The minimum absolute atomic E-state index is 0.0642. The van der Waals surface area contributed by atoms with Crippen molar-refractivity contribution in [1.82, 2.24) is 5.32 Å². The molecule has 0 radical (unpaired) electrons. The molecule has 1 unspecified atom stereocenters. The van der Waals surface area contributed by atoms with E-state index in [1.54, 1.807) is 0 Å². The highest BCUT2D eigenvalue weighted by Crippen LogP contribution is 2.39. The van der Waals surface area contributed by atoms with E-state index in [9.17, 15) is 9.90 Å². The van der Waals surface area contributed by atoms with Crippen molar-refractivity contribution in [3.8, 4) is 0 Å². The van der Waals surface area contributed by atoms with E-state index in [4.69, 9.17) is 5.73 Å². The zero-order chi connectivity index (χ0) is 15.6. The average Bonchev–Trinajstić information content (AvgIpc) is 2.30. The maximum Gasteiger partial charge on any atom is 0.221 e. The molecule has 20 heavy (non-hydrogen) atoms. The van der Waals surface area contributed by atoms with Crippen molar-refractivity contribution in [2.24, 2.45) is 16.6 Å². The Hall–Kier alpha value is -0.610. The van der Waals surface area contributed by atoms with E-state index in [0.29, 0.717) is 18.4 Å². The molecule has 118 valence electrons. The van der Waals surface area contributed by atoms with Gasteiger partial charge >= 0.3 is 0 Å². The molecule has 1 atom stereocenters. The van der Waals surface area contributed by atoms with Gasteiger partial charge in [-0.15, -0.1) is 0 Å². The topological polar surface area (TPSA) is 75.3 Å². The molecule has 0 aromatic carbocycles. The summed E-state index contributed by atoms with van der Waals surface area (Å²) >= 11 is 0. The minimum Gasteiger partial charge on any atom is -0.388 e. The summed E-state index contributed by atoms with van der Waals surface area (Å²) in [6, 6.07) is -0.164. The second-order valence-electron chi connectivity index (χ2n) is 8.34. The van der Waals surface area contributed by atoms with E-state index < -0.39 is 5.60 Å². The van der Waals surface area contributed by atoms with E-state index in [0.717, 1.165) is 25.7 Å². The van der Waals surface area contributed by atoms with Crippen molar-refractivity contribution in [3.63, 3.8) is 0 Å². The van der Waals surface area contributed by atoms with Crippen LogP contribution in [0.15, 0.2) is 0 Å². The lowest BCUT2D eigenvalue weighted by Gasteiger charge is -2.40. The standard InChI is InChI=1S/C16H32N2O2/c1-14(2,3)12(17)10-13(19)18-11-16(20)8-6-15(4,5)7-9-16/h12,20H,6-11,17H2,1-5H3,(H,18,19). The van der Waals surface area contributed by atoms with Crippen LogP contribution in [-0.2, 0) is 4.79 Å². The molecule has 1 amide bonds. The summed E-state index contributed by atoms with van der Waals surface area (Å²) in [4.78, 5) is 11.9. The van der Waals surface area contributed by atoms with E-state index in [2.05, 4.69) is 19.2 Å². The van der Waals surface area contributed by atoms with Gasteiger partial charge in [0.2, 0.25) is 5.91 Å². The summed E-state index contributed by atoms with van der Waals surface area (Å²) < 4.78 is 0. The number of aliphatic hydroxyl groups is 1. The Morgan fingerprint density at radius 3 is 2.20 bits per heavy atom. The first kappa shape index (κ1) is 17.4. The fourth-order valence-electron chi connectivity index (χ4n) is 2.41. The van der Waals surface area contributed by atoms with E-state index >= 15 is 0 Å². The van der Waals surface area contributed by atoms with Gasteiger partial charge in [-0.3, -0.25) is 4.79 Å². The van der Waals surface area contributed by atoms with Crippen LogP contribution < -0.4 is 11.1 Å². The van der Waals surface area contributed by atoms with Crippen LogP contribution in [0.5, 0.6) is 0 Å². The third-order valence-corrected chi connectivity index (χ3v) is 4.67. The molecule has 0 heterocycles. The number of rotatable bonds is 4. The summed E-state index contributed by atoms with van der Waals surface area (Å²) in [5, 5.41) is 13.4. The molecule has 1 aliphatic rings. The zero-order valence-corrected chi connectivity index (χ0v) is 13.8. The lowest BCUT2D eigenvalue weighted by Crippen LogP contribution is -2.48. The maximum absolute atomic E-state index is 11.9. The van der Waals surface area contributed by atoms with Gasteiger partial charge in [0.15, 0.2) is 0 Å². The molecule has 4 heteroatoms. The second kappa shape index (κ2) is 6.02. The predicted molar refractivity (Wildman–Crippen MR) is 82.3 cm³/mol. The van der Waals surface area contributed by atoms with Crippen molar-refractivity contribution in [2.45, 2.75) is 78.4 Å². The van der Waals surface area contributed by atoms with Gasteiger partial charge in [0.05, 0.1) is 5.60 Å². The molecule has 1 fully saturated rings. The highest BCUT2D eigenvalue weighted by atomic mass is 16.3. The van der Waals surface area contributed by atoms with Crippen LogP contribution in [-0.4, -0.2) is 29.2 Å². The van der Waals surface area contributed by atoms with Crippen LogP contribution in [0.25, 0.3) is 0 Å². The number of hydrogen-bond acceptors (Lipinski definition) is 3. The Morgan fingerprint density at radius 2 is 1.75 bits per heavy atom. The summed E-state index contributed by atoms with van der Waals surface area (Å²) in [6.45, 7) is 10.9. The van der Waals surface area contributed by atoms with Crippen LogP contribution in [0.4, 0.5) is 0 Å². The normalized spacial score (nSPS) is 23.1. The van der Waals surface area contributed by atoms with Crippen LogP contribution >= 0.6 is 0 Å². The Labute approximate surface area is 123 Å². The minimum atomic E-state index is -0.739. The molecule has 0 bridgehead atoms. The molecule has 1 rings (SSSR count). The molecule has 4 N–H and O–H groups in total. The van der Waals surface area contributed by atoms with E-state index in [1.807, 2.05) is 20.8 Å². The van der Waals surface area contributed by atoms with Crippen molar-refractivity contribution in [1.29, 1.82) is 0 Å². The molecule has 0 spiro atoms. The first-order valence-electron chi connectivity index (χ1n) is 7.68. The lowest BCUT2D eigenvalue weighted by atomic mass is 9.71. The van der Waals surface area contributed by atoms with Crippen molar-refractivity contribution in [3.05, 3.63) is 0 Å². The Kier molecular flexibility index (Phi) is 5.25. The van der Waals surface area contributed by atoms with Gasteiger partial charge in [-0.05, 0) is 36.5 Å². The van der Waals surface area contributed by atoms with E-state index in [1.165, 1.54) is 0 Å². The molecule has 0 aromatic heterocycles. The predicted octanol–water partition coefficient (Wildman–Crippen LogP) is 2.20. The van der Waals surface area contributed by atoms with Crippen LogP contribution in [0.2, 0.25) is 0 Å².